The molecule has 0 saturated carbocycles. The molecule has 4 rings (SSSR count). The van der Waals surface area contributed by atoms with Gasteiger partial charge in [-0.05, 0) is 24.1 Å². The zero-order chi connectivity index (χ0) is 23.4. The van der Waals surface area contributed by atoms with Crippen LogP contribution in [-0.4, -0.2) is 30.2 Å². The minimum absolute atomic E-state index is 0.169. The van der Waals surface area contributed by atoms with E-state index in [1.165, 1.54) is 28.9 Å². The van der Waals surface area contributed by atoms with Crippen LogP contribution in [0, 0.1) is 17.0 Å². The molecule has 0 bridgehead atoms. The van der Waals surface area contributed by atoms with E-state index in [4.69, 9.17) is 0 Å². The third-order valence-electron chi connectivity index (χ3n) is 5.03. The summed E-state index contributed by atoms with van der Waals surface area (Å²) in [7, 11) is 0. The highest BCUT2D eigenvalue weighted by Crippen LogP contribution is 2.22. The van der Waals surface area contributed by atoms with Crippen LogP contribution in [0.1, 0.15) is 27.3 Å². The molecule has 33 heavy (non-hydrogen) atoms. The van der Waals surface area contributed by atoms with Gasteiger partial charge in [0.15, 0.2) is 5.69 Å². The number of nitrogens with one attached hydrogen (secondary N) is 1. The average molecular weight is 444 g/mol. The van der Waals surface area contributed by atoms with E-state index in [9.17, 15) is 19.7 Å². The molecule has 0 aliphatic carbocycles. The third kappa shape index (κ3) is 4.85. The van der Waals surface area contributed by atoms with Crippen molar-refractivity contribution < 1.29 is 9.72 Å². The number of aryl methyl sites for hydroxylation is 1. The zero-order valence-electron chi connectivity index (χ0n) is 17.7. The van der Waals surface area contributed by atoms with Gasteiger partial charge in [-0.3, -0.25) is 19.7 Å². The Hall–Kier alpha value is -4.60. The number of hydrogen-bond acceptors (Lipinski definition) is 6. The van der Waals surface area contributed by atoms with Crippen molar-refractivity contribution in [3.63, 3.8) is 0 Å². The Morgan fingerprint density at radius 1 is 1.12 bits per heavy atom. The first-order chi connectivity index (χ1) is 15.9. The molecule has 0 saturated heterocycles. The molecule has 2 aromatic carbocycles. The number of amides is 1. The molecular formula is C23H20N6O4. The van der Waals surface area contributed by atoms with E-state index in [2.05, 4.69) is 15.4 Å². The van der Waals surface area contributed by atoms with Crippen molar-refractivity contribution in [3.05, 3.63) is 116 Å². The predicted octanol–water partition coefficient (Wildman–Crippen LogP) is 2.62. The van der Waals surface area contributed by atoms with Crippen LogP contribution in [0.2, 0.25) is 0 Å². The Morgan fingerprint density at radius 3 is 2.55 bits per heavy atom. The van der Waals surface area contributed by atoms with Crippen molar-refractivity contribution in [1.29, 1.82) is 0 Å². The van der Waals surface area contributed by atoms with Gasteiger partial charge < -0.3 is 9.88 Å². The van der Waals surface area contributed by atoms with Crippen molar-refractivity contribution in [3.8, 4) is 5.69 Å². The molecule has 1 N–H and O–H groups in total. The summed E-state index contributed by atoms with van der Waals surface area (Å²) >= 11 is 0. The fourth-order valence-corrected chi connectivity index (χ4v) is 3.37. The molecule has 0 aliphatic rings. The van der Waals surface area contributed by atoms with E-state index in [0.717, 1.165) is 11.1 Å². The van der Waals surface area contributed by atoms with Crippen LogP contribution in [0.5, 0.6) is 0 Å². The van der Waals surface area contributed by atoms with Gasteiger partial charge in [0.25, 0.3) is 11.6 Å². The van der Waals surface area contributed by atoms with Crippen LogP contribution in [0.4, 0.5) is 5.69 Å². The van der Waals surface area contributed by atoms with Crippen LogP contribution in [0.3, 0.4) is 0 Å². The highest BCUT2D eigenvalue weighted by atomic mass is 16.6. The number of rotatable bonds is 7. The van der Waals surface area contributed by atoms with E-state index in [0.29, 0.717) is 12.2 Å². The SMILES string of the molecule is Cc1cc(=O)c(C(=O)NCc2ccc(Cn3ccnc3)cc2)nn1-c1ccccc1[N+](=O)[O-]. The molecule has 2 aromatic heterocycles. The second-order valence-electron chi connectivity index (χ2n) is 7.39. The molecule has 1 amide bonds. The molecule has 0 spiro atoms. The topological polar surface area (TPSA) is 125 Å². The largest absolute Gasteiger partial charge is 0.346 e. The summed E-state index contributed by atoms with van der Waals surface area (Å²) in [5.41, 5.74) is 1.39. The molecule has 4 aromatic rings. The second-order valence-corrected chi connectivity index (χ2v) is 7.39. The van der Waals surface area contributed by atoms with E-state index in [1.807, 2.05) is 35.0 Å². The Kier molecular flexibility index (Phi) is 6.07. The summed E-state index contributed by atoms with van der Waals surface area (Å²) in [5, 5.41) is 18.2. The van der Waals surface area contributed by atoms with Crippen LogP contribution >= 0.6 is 0 Å². The van der Waals surface area contributed by atoms with Crippen molar-refractivity contribution in [2.24, 2.45) is 0 Å². The number of imidazole rings is 1. The van der Waals surface area contributed by atoms with Crippen LogP contribution in [-0.2, 0) is 13.1 Å². The summed E-state index contributed by atoms with van der Waals surface area (Å²) in [6, 6.07) is 14.9. The van der Waals surface area contributed by atoms with Gasteiger partial charge in [-0.2, -0.15) is 5.10 Å². The second kappa shape index (κ2) is 9.27. The van der Waals surface area contributed by atoms with Gasteiger partial charge in [0, 0.05) is 43.3 Å². The maximum Gasteiger partial charge on any atom is 0.294 e. The van der Waals surface area contributed by atoms with Crippen molar-refractivity contribution in [2.75, 3.05) is 0 Å². The lowest BCUT2D eigenvalue weighted by Crippen LogP contribution is -2.31. The van der Waals surface area contributed by atoms with Gasteiger partial charge >= 0.3 is 0 Å². The first kappa shape index (κ1) is 21.6. The van der Waals surface area contributed by atoms with Gasteiger partial charge in [0.1, 0.15) is 5.69 Å². The number of carbonyl (C=O) groups excluding carboxylic acids is 1. The van der Waals surface area contributed by atoms with Crippen LogP contribution in [0.25, 0.3) is 5.69 Å². The minimum atomic E-state index is -0.658. The molecule has 10 nitrogen and oxygen atoms in total. The lowest BCUT2D eigenvalue weighted by atomic mass is 10.1. The molecule has 166 valence electrons. The first-order valence-corrected chi connectivity index (χ1v) is 10.1. The van der Waals surface area contributed by atoms with Gasteiger partial charge in [0.05, 0.1) is 11.3 Å². The summed E-state index contributed by atoms with van der Waals surface area (Å²) in [6.45, 7) is 2.48. The number of para-hydroxylation sites is 2. The summed E-state index contributed by atoms with van der Waals surface area (Å²) in [5.74, 6) is -0.658. The lowest BCUT2D eigenvalue weighted by Gasteiger charge is -2.12. The summed E-state index contributed by atoms with van der Waals surface area (Å²) in [6.07, 6.45) is 5.33. The predicted molar refractivity (Wildman–Crippen MR) is 120 cm³/mol. The maximum atomic E-state index is 12.7. The molecule has 0 fully saturated rings. The van der Waals surface area contributed by atoms with Crippen LogP contribution < -0.4 is 10.7 Å². The number of carbonyl (C=O) groups is 1. The van der Waals surface area contributed by atoms with Crippen LogP contribution in [0.15, 0.2) is 78.1 Å². The summed E-state index contributed by atoms with van der Waals surface area (Å²) < 4.78 is 3.18. The fraction of sp³-hybridized carbons (Fsp3) is 0.130. The Bertz CT molecular complexity index is 1360. The minimum Gasteiger partial charge on any atom is -0.346 e. The van der Waals surface area contributed by atoms with Crippen molar-refractivity contribution in [2.45, 2.75) is 20.0 Å². The van der Waals surface area contributed by atoms with Gasteiger partial charge in [-0.1, -0.05) is 36.4 Å². The molecule has 0 unspecified atom stereocenters. The maximum absolute atomic E-state index is 12.7. The van der Waals surface area contributed by atoms with Crippen molar-refractivity contribution >= 4 is 11.6 Å². The normalized spacial score (nSPS) is 10.7. The highest BCUT2D eigenvalue weighted by Gasteiger charge is 2.20. The Balaban J connectivity index is 1.51. The highest BCUT2D eigenvalue weighted by molar-refractivity contribution is 5.92. The molecule has 0 aliphatic heterocycles. The number of nitro groups is 1. The van der Waals surface area contributed by atoms with Crippen molar-refractivity contribution in [1.82, 2.24) is 24.6 Å². The number of aromatic nitrogens is 4. The van der Waals surface area contributed by atoms with E-state index in [1.54, 1.807) is 25.5 Å². The quantitative estimate of drug-likeness (QED) is 0.345. The Labute approximate surface area is 188 Å². The molecular weight excluding hydrogens is 424 g/mol. The summed E-state index contributed by atoms with van der Waals surface area (Å²) in [4.78, 5) is 40.0. The lowest BCUT2D eigenvalue weighted by molar-refractivity contribution is -0.384. The van der Waals surface area contributed by atoms with E-state index in [-0.39, 0.29) is 23.6 Å². The van der Waals surface area contributed by atoms with E-state index >= 15 is 0 Å². The number of benzene rings is 2. The van der Waals surface area contributed by atoms with Gasteiger partial charge in [-0.15, -0.1) is 0 Å². The monoisotopic (exact) mass is 444 g/mol. The van der Waals surface area contributed by atoms with Gasteiger partial charge in [0.2, 0.25) is 5.43 Å². The fourth-order valence-electron chi connectivity index (χ4n) is 3.37. The smallest absolute Gasteiger partial charge is 0.294 e. The number of nitro benzene ring substituents is 1. The third-order valence-corrected chi connectivity index (χ3v) is 5.03. The first-order valence-electron chi connectivity index (χ1n) is 10.1. The average Bonchev–Trinajstić information content (AvgIpc) is 3.31. The van der Waals surface area contributed by atoms with Gasteiger partial charge in [-0.25, -0.2) is 9.67 Å². The molecule has 2 heterocycles. The zero-order valence-corrected chi connectivity index (χ0v) is 17.7. The molecule has 10 heteroatoms. The molecule has 0 radical (unpaired) electrons. The van der Waals surface area contributed by atoms with E-state index < -0.39 is 16.3 Å². The Morgan fingerprint density at radius 2 is 1.85 bits per heavy atom. The number of hydrogen-bond donors (Lipinski definition) is 1. The number of nitrogens with zero attached hydrogens (tertiary/aromatic N) is 5. The molecule has 0 atom stereocenters. The standard InChI is InChI=1S/C23H20N6O4/c1-16-12-21(30)22(26-28(16)19-4-2-3-5-20(19)29(32)33)23(31)25-13-17-6-8-18(9-7-17)14-27-11-10-24-15-27/h2-12,15H,13-14H2,1H3,(H,25,31).